The van der Waals surface area contributed by atoms with Crippen LogP contribution in [0.5, 0.6) is 0 Å². The van der Waals surface area contributed by atoms with E-state index in [0.29, 0.717) is 23.8 Å². The number of unbranched alkanes of at least 4 members (excludes halogenated alkanes) is 1. The lowest BCUT2D eigenvalue weighted by Gasteiger charge is -2.25. The average molecular weight is 549 g/mol. The van der Waals surface area contributed by atoms with Gasteiger partial charge in [-0.05, 0) is 36.2 Å². The Morgan fingerprint density at radius 1 is 1.11 bits per heavy atom. The number of hydrogen-bond acceptors (Lipinski definition) is 6. The van der Waals surface area contributed by atoms with Gasteiger partial charge < -0.3 is 0 Å². The highest BCUT2D eigenvalue weighted by Crippen LogP contribution is 2.29. The highest BCUT2D eigenvalue weighted by Gasteiger charge is 2.24. The number of sulfonamides is 1. The molecule has 0 spiro atoms. The summed E-state index contributed by atoms with van der Waals surface area (Å²) in [5.41, 5.74) is 2.73. The van der Waals surface area contributed by atoms with Crippen molar-refractivity contribution in [2.75, 3.05) is 25.0 Å². The summed E-state index contributed by atoms with van der Waals surface area (Å²) in [5.74, 6) is -0.292. The normalized spacial score (nSPS) is 13.8. The van der Waals surface area contributed by atoms with Crippen LogP contribution in [0.15, 0.2) is 59.5 Å². The Morgan fingerprint density at radius 2 is 1.83 bits per heavy atom. The summed E-state index contributed by atoms with van der Waals surface area (Å²) >= 11 is 1.51. The zero-order valence-corrected chi connectivity index (χ0v) is 23.1. The molecule has 0 saturated heterocycles. The second-order valence-electron chi connectivity index (χ2n) is 8.66. The molecule has 0 unspecified atom stereocenters. The van der Waals surface area contributed by atoms with Gasteiger partial charge in [0, 0.05) is 49.6 Å². The van der Waals surface area contributed by atoms with Crippen LogP contribution >= 0.6 is 23.7 Å². The number of anilines is 1. The third-order valence-electron chi connectivity index (χ3n) is 6.15. The summed E-state index contributed by atoms with van der Waals surface area (Å²) in [7, 11) is -3.57. The van der Waals surface area contributed by atoms with E-state index in [1.54, 1.807) is 12.1 Å². The molecule has 1 aliphatic heterocycles. The monoisotopic (exact) mass is 548 g/mol. The van der Waals surface area contributed by atoms with E-state index in [2.05, 4.69) is 39.5 Å². The third-order valence-corrected chi connectivity index (χ3v) is 9.13. The Bertz CT molecular complexity index is 1250. The molecule has 0 aliphatic carbocycles. The summed E-state index contributed by atoms with van der Waals surface area (Å²) in [4.78, 5) is 21.2. The van der Waals surface area contributed by atoms with Crippen LogP contribution in [0.3, 0.4) is 0 Å². The number of carbonyl (C=O) groups is 1. The standard InChI is InChI=1S/C26H32N4O3S2.ClH/c1-3-5-16-30(4-2)35(32,33)22-13-11-21(12-14-22)25(31)28-26-27-23-15-17-29(19-24(23)34-26)18-20-9-7-6-8-10-20;/h6-14H,3-5,15-19H2,1-2H3,(H,27,28,31);1H. The van der Waals surface area contributed by atoms with Crippen LogP contribution in [-0.4, -0.2) is 48.1 Å². The Morgan fingerprint density at radius 3 is 2.50 bits per heavy atom. The van der Waals surface area contributed by atoms with Crippen LogP contribution in [0.25, 0.3) is 0 Å². The number of aromatic nitrogens is 1. The van der Waals surface area contributed by atoms with E-state index >= 15 is 0 Å². The zero-order valence-electron chi connectivity index (χ0n) is 20.6. The fourth-order valence-electron chi connectivity index (χ4n) is 4.16. The van der Waals surface area contributed by atoms with Gasteiger partial charge in [-0.1, -0.05) is 50.6 Å². The van der Waals surface area contributed by atoms with E-state index in [1.165, 1.54) is 38.2 Å². The summed E-state index contributed by atoms with van der Waals surface area (Å²) < 4.78 is 27.3. The minimum Gasteiger partial charge on any atom is -0.298 e. The lowest BCUT2D eigenvalue weighted by atomic mass is 10.1. The van der Waals surface area contributed by atoms with E-state index in [1.807, 2.05) is 19.9 Å². The Hall–Kier alpha value is -2.30. The van der Waals surface area contributed by atoms with Gasteiger partial charge in [0.05, 0.1) is 10.6 Å². The first-order chi connectivity index (χ1) is 16.9. The summed E-state index contributed by atoms with van der Waals surface area (Å²) in [6, 6.07) is 16.5. The number of nitrogens with zero attached hydrogens (tertiary/aromatic N) is 3. The zero-order chi connectivity index (χ0) is 24.8. The maximum Gasteiger partial charge on any atom is 0.257 e. The first kappa shape index (κ1) is 28.3. The lowest BCUT2D eigenvalue weighted by Crippen LogP contribution is -2.31. The van der Waals surface area contributed by atoms with Crippen molar-refractivity contribution in [2.45, 2.75) is 51.1 Å². The van der Waals surface area contributed by atoms with Crippen LogP contribution < -0.4 is 5.32 Å². The van der Waals surface area contributed by atoms with Crippen molar-refractivity contribution < 1.29 is 13.2 Å². The van der Waals surface area contributed by atoms with Crippen LogP contribution in [0, 0.1) is 0 Å². The number of fused-ring (bicyclic) bond motifs is 1. The van der Waals surface area contributed by atoms with E-state index < -0.39 is 10.0 Å². The minimum absolute atomic E-state index is 0. The van der Waals surface area contributed by atoms with Crippen molar-refractivity contribution in [3.05, 3.63) is 76.3 Å². The smallest absolute Gasteiger partial charge is 0.257 e. The molecular weight excluding hydrogens is 516 g/mol. The number of rotatable bonds is 10. The molecule has 10 heteroatoms. The predicted octanol–water partition coefficient (Wildman–Crippen LogP) is 5.19. The van der Waals surface area contributed by atoms with Gasteiger partial charge in [0.15, 0.2) is 5.13 Å². The van der Waals surface area contributed by atoms with Crippen molar-refractivity contribution in [1.29, 1.82) is 0 Å². The van der Waals surface area contributed by atoms with Crippen molar-refractivity contribution in [3.63, 3.8) is 0 Å². The molecule has 1 aliphatic rings. The highest BCUT2D eigenvalue weighted by atomic mass is 35.5. The summed E-state index contributed by atoms with van der Waals surface area (Å²) in [5, 5.41) is 3.47. The maximum atomic E-state index is 12.9. The van der Waals surface area contributed by atoms with Crippen LogP contribution in [-0.2, 0) is 29.5 Å². The molecule has 194 valence electrons. The first-order valence-corrected chi connectivity index (χ1v) is 14.3. The van der Waals surface area contributed by atoms with E-state index in [0.717, 1.165) is 44.6 Å². The van der Waals surface area contributed by atoms with Gasteiger partial charge in [-0.2, -0.15) is 4.31 Å². The fraction of sp³-hybridized carbons (Fsp3) is 0.385. The van der Waals surface area contributed by atoms with Gasteiger partial charge in [0.25, 0.3) is 5.91 Å². The Balaban J connectivity index is 0.00000361. The average Bonchev–Trinajstić information content (AvgIpc) is 3.26. The van der Waals surface area contributed by atoms with Gasteiger partial charge in [0.1, 0.15) is 0 Å². The lowest BCUT2D eigenvalue weighted by molar-refractivity contribution is 0.102. The molecule has 7 nitrogen and oxygen atoms in total. The van der Waals surface area contributed by atoms with Gasteiger partial charge in [-0.15, -0.1) is 23.7 Å². The second kappa shape index (κ2) is 12.8. The van der Waals surface area contributed by atoms with Gasteiger partial charge in [-0.3, -0.25) is 15.0 Å². The van der Waals surface area contributed by atoms with Crippen LogP contribution in [0.1, 0.15) is 53.2 Å². The molecule has 0 saturated carbocycles. The third kappa shape index (κ3) is 6.72. The van der Waals surface area contributed by atoms with E-state index in [9.17, 15) is 13.2 Å². The van der Waals surface area contributed by atoms with Crippen molar-refractivity contribution in [3.8, 4) is 0 Å². The van der Waals surface area contributed by atoms with Gasteiger partial charge >= 0.3 is 0 Å². The molecule has 4 rings (SSSR count). The molecule has 1 aromatic heterocycles. The largest absolute Gasteiger partial charge is 0.298 e. The molecule has 36 heavy (non-hydrogen) atoms. The number of thiazole rings is 1. The SMILES string of the molecule is CCCCN(CC)S(=O)(=O)c1ccc(C(=O)Nc2nc3c(s2)CN(Cc2ccccc2)CC3)cc1.Cl. The number of amides is 1. The van der Waals surface area contributed by atoms with Gasteiger partial charge in [0.2, 0.25) is 10.0 Å². The molecule has 0 radical (unpaired) electrons. The summed E-state index contributed by atoms with van der Waals surface area (Å²) in [6.45, 7) is 7.43. The Labute approximate surface area is 224 Å². The van der Waals surface area contributed by atoms with Crippen LogP contribution in [0.2, 0.25) is 0 Å². The molecule has 3 aromatic rings. The van der Waals surface area contributed by atoms with Crippen LogP contribution in [0.4, 0.5) is 5.13 Å². The topological polar surface area (TPSA) is 82.6 Å². The van der Waals surface area contributed by atoms with E-state index in [4.69, 9.17) is 0 Å². The molecule has 2 heterocycles. The van der Waals surface area contributed by atoms with E-state index in [-0.39, 0.29) is 23.2 Å². The maximum absolute atomic E-state index is 12.9. The first-order valence-electron chi connectivity index (χ1n) is 12.1. The van der Waals surface area contributed by atoms with Gasteiger partial charge in [-0.25, -0.2) is 13.4 Å². The summed E-state index contributed by atoms with van der Waals surface area (Å²) in [6.07, 6.45) is 2.60. The minimum atomic E-state index is -3.57. The quantitative estimate of drug-likeness (QED) is 0.377. The number of nitrogens with one attached hydrogen (secondary N) is 1. The Kier molecular flexibility index (Phi) is 10.0. The number of halogens is 1. The molecule has 1 N–H and O–H groups in total. The number of hydrogen-bond donors (Lipinski definition) is 1. The van der Waals surface area contributed by atoms with Crippen molar-refractivity contribution >= 4 is 44.8 Å². The number of carbonyl (C=O) groups excluding carboxylic acids is 1. The highest BCUT2D eigenvalue weighted by molar-refractivity contribution is 7.89. The molecule has 0 fully saturated rings. The molecule has 0 bridgehead atoms. The predicted molar refractivity (Wildman–Crippen MR) is 147 cm³/mol. The second-order valence-corrected chi connectivity index (χ2v) is 11.7. The van der Waals surface area contributed by atoms with Crippen molar-refractivity contribution in [2.24, 2.45) is 0 Å². The molecule has 2 aromatic carbocycles. The molecule has 0 atom stereocenters. The fourth-order valence-corrected chi connectivity index (χ4v) is 6.69. The number of benzene rings is 2. The van der Waals surface area contributed by atoms with Crippen molar-refractivity contribution in [1.82, 2.24) is 14.2 Å². The molecular formula is C26H33ClN4O3S2. The molecule has 1 amide bonds.